The molecule has 0 unspecified atom stereocenters. The maximum Gasteiger partial charge on any atom is 0.251 e. The summed E-state index contributed by atoms with van der Waals surface area (Å²) in [4.78, 5) is 12.7. The molecule has 0 aliphatic carbocycles. The minimum atomic E-state index is -1.14. The van der Waals surface area contributed by atoms with Crippen molar-refractivity contribution in [2.24, 2.45) is 0 Å². The SMILES string of the molecule is Cc1cc(C)c(CC(=O)N(O)C2(C#N)CCN(N(C)C)CC2)c(C)c1. The van der Waals surface area contributed by atoms with E-state index in [4.69, 9.17) is 0 Å². The lowest BCUT2D eigenvalue weighted by Crippen LogP contribution is -2.57. The fraction of sp³-hybridized carbons (Fsp3) is 0.579. The summed E-state index contributed by atoms with van der Waals surface area (Å²) in [5, 5.41) is 25.0. The van der Waals surface area contributed by atoms with E-state index < -0.39 is 11.4 Å². The van der Waals surface area contributed by atoms with E-state index in [0.717, 1.165) is 22.3 Å². The van der Waals surface area contributed by atoms with Gasteiger partial charge in [0.05, 0.1) is 12.5 Å². The van der Waals surface area contributed by atoms with Gasteiger partial charge in [0.1, 0.15) is 0 Å². The van der Waals surface area contributed by atoms with Crippen LogP contribution in [-0.2, 0) is 11.2 Å². The number of carbonyl (C=O) groups is 1. The highest BCUT2D eigenvalue weighted by Gasteiger charge is 2.43. The van der Waals surface area contributed by atoms with Crippen molar-refractivity contribution in [2.75, 3.05) is 27.2 Å². The van der Waals surface area contributed by atoms with Crippen molar-refractivity contribution in [2.45, 2.75) is 45.6 Å². The van der Waals surface area contributed by atoms with E-state index in [-0.39, 0.29) is 6.42 Å². The Hall–Kier alpha value is -1.94. The van der Waals surface area contributed by atoms with Crippen molar-refractivity contribution in [1.29, 1.82) is 5.26 Å². The summed E-state index contributed by atoms with van der Waals surface area (Å²) >= 11 is 0. The van der Waals surface area contributed by atoms with Gasteiger partial charge in [-0.2, -0.15) is 5.26 Å². The Morgan fingerprint density at radius 1 is 1.24 bits per heavy atom. The standard InChI is InChI=1S/C19H28N4O2/c1-14-10-15(2)17(16(3)11-14)12-18(24)23(25)19(13-20)6-8-22(9-7-19)21(4)5/h10-11,25H,6-9,12H2,1-5H3. The number of nitrogens with zero attached hydrogens (tertiary/aromatic N) is 4. The summed E-state index contributed by atoms with van der Waals surface area (Å²) in [7, 11) is 3.90. The summed E-state index contributed by atoms with van der Waals surface area (Å²) in [5.41, 5.74) is 3.00. The van der Waals surface area contributed by atoms with Crippen LogP contribution in [0.2, 0.25) is 0 Å². The van der Waals surface area contributed by atoms with Crippen LogP contribution in [0.4, 0.5) is 0 Å². The van der Waals surface area contributed by atoms with Crippen LogP contribution < -0.4 is 0 Å². The zero-order chi connectivity index (χ0) is 18.8. The summed E-state index contributed by atoms with van der Waals surface area (Å²) in [6.07, 6.45) is 0.959. The van der Waals surface area contributed by atoms with E-state index in [2.05, 4.69) is 11.1 Å². The molecule has 1 aromatic rings. The van der Waals surface area contributed by atoms with Crippen LogP contribution in [0.3, 0.4) is 0 Å². The number of benzene rings is 1. The predicted octanol–water partition coefficient (Wildman–Crippen LogP) is 2.21. The van der Waals surface area contributed by atoms with E-state index >= 15 is 0 Å². The van der Waals surface area contributed by atoms with Gasteiger partial charge in [0.2, 0.25) is 0 Å². The number of nitriles is 1. The number of piperidine rings is 1. The van der Waals surface area contributed by atoms with Crippen LogP contribution in [0.25, 0.3) is 0 Å². The molecular formula is C19H28N4O2. The van der Waals surface area contributed by atoms with Gasteiger partial charge >= 0.3 is 0 Å². The van der Waals surface area contributed by atoms with Crippen LogP contribution in [0, 0.1) is 32.1 Å². The van der Waals surface area contributed by atoms with Crippen molar-refractivity contribution in [1.82, 2.24) is 15.1 Å². The van der Waals surface area contributed by atoms with E-state index in [0.29, 0.717) is 31.0 Å². The number of aryl methyl sites for hydroxylation is 3. The molecule has 2 rings (SSSR count). The number of amides is 1. The fourth-order valence-corrected chi connectivity index (χ4v) is 3.59. The largest absolute Gasteiger partial charge is 0.284 e. The molecule has 0 spiro atoms. The highest BCUT2D eigenvalue weighted by atomic mass is 16.5. The minimum Gasteiger partial charge on any atom is -0.284 e. The molecule has 6 nitrogen and oxygen atoms in total. The van der Waals surface area contributed by atoms with E-state index in [1.807, 2.05) is 52.0 Å². The van der Waals surface area contributed by atoms with E-state index in [9.17, 15) is 15.3 Å². The maximum atomic E-state index is 12.7. The second-order valence-corrected chi connectivity index (χ2v) is 7.20. The van der Waals surface area contributed by atoms with Crippen LogP contribution in [0.15, 0.2) is 12.1 Å². The average molecular weight is 344 g/mol. The molecular weight excluding hydrogens is 316 g/mol. The molecule has 1 fully saturated rings. The monoisotopic (exact) mass is 344 g/mol. The molecule has 25 heavy (non-hydrogen) atoms. The summed E-state index contributed by atoms with van der Waals surface area (Å²) < 4.78 is 0. The molecule has 0 bridgehead atoms. The van der Waals surface area contributed by atoms with Gasteiger partial charge in [0, 0.05) is 40.0 Å². The molecule has 6 heteroatoms. The fourth-order valence-electron chi connectivity index (χ4n) is 3.59. The Kier molecular flexibility index (Phi) is 5.83. The number of hydrogen-bond donors (Lipinski definition) is 1. The number of hydroxylamine groups is 2. The van der Waals surface area contributed by atoms with Crippen molar-refractivity contribution >= 4 is 5.91 Å². The number of hydrogen-bond acceptors (Lipinski definition) is 5. The third kappa shape index (κ3) is 4.01. The molecule has 1 aromatic carbocycles. The van der Waals surface area contributed by atoms with Gasteiger partial charge < -0.3 is 0 Å². The topological polar surface area (TPSA) is 70.8 Å². The Labute approximate surface area is 150 Å². The van der Waals surface area contributed by atoms with Gasteiger partial charge in [-0.15, -0.1) is 0 Å². The summed E-state index contributed by atoms with van der Waals surface area (Å²) in [5.74, 6) is -0.421. The quantitative estimate of drug-likeness (QED) is 0.670. The maximum absolute atomic E-state index is 12.7. The number of hydrazine groups is 1. The first-order chi connectivity index (χ1) is 11.7. The normalized spacial score (nSPS) is 17.4. The number of carbonyl (C=O) groups excluding carboxylic acids is 1. The van der Waals surface area contributed by atoms with Gasteiger partial charge in [-0.05, 0) is 37.5 Å². The van der Waals surface area contributed by atoms with Gasteiger partial charge in [0.25, 0.3) is 5.91 Å². The van der Waals surface area contributed by atoms with Crippen molar-refractivity contribution in [3.8, 4) is 6.07 Å². The lowest BCUT2D eigenvalue weighted by molar-refractivity contribution is -0.194. The van der Waals surface area contributed by atoms with Crippen molar-refractivity contribution in [3.05, 3.63) is 34.4 Å². The highest BCUT2D eigenvalue weighted by molar-refractivity contribution is 5.79. The van der Waals surface area contributed by atoms with Gasteiger partial charge in [0.15, 0.2) is 5.54 Å². The third-order valence-electron chi connectivity index (χ3n) is 5.15. The van der Waals surface area contributed by atoms with Crippen molar-refractivity contribution in [3.63, 3.8) is 0 Å². The van der Waals surface area contributed by atoms with Gasteiger partial charge in [-0.25, -0.2) is 15.1 Å². The van der Waals surface area contributed by atoms with Gasteiger partial charge in [-0.3, -0.25) is 10.0 Å². The smallest absolute Gasteiger partial charge is 0.251 e. The second kappa shape index (κ2) is 7.52. The summed E-state index contributed by atoms with van der Waals surface area (Å²) in [6.45, 7) is 7.23. The number of rotatable bonds is 4. The Balaban J connectivity index is 2.15. The molecule has 1 amide bonds. The summed E-state index contributed by atoms with van der Waals surface area (Å²) in [6, 6.07) is 6.26. The molecule has 0 radical (unpaired) electrons. The molecule has 1 aliphatic heterocycles. The van der Waals surface area contributed by atoms with Gasteiger partial charge in [-0.1, -0.05) is 17.7 Å². The van der Waals surface area contributed by atoms with Crippen LogP contribution in [0.1, 0.15) is 35.1 Å². The average Bonchev–Trinajstić information content (AvgIpc) is 2.57. The van der Waals surface area contributed by atoms with E-state index in [1.54, 1.807) is 0 Å². The van der Waals surface area contributed by atoms with Crippen LogP contribution in [0.5, 0.6) is 0 Å². The minimum absolute atomic E-state index is 0.106. The molecule has 1 aliphatic rings. The second-order valence-electron chi connectivity index (χ2n) is 7.20. The molecule has 0 aromatic heterocycles. The Bertz CT molecular complexity index is 662. The third-order valence-corrected chi connectivity index (χ3v) is 5.15. The zero-order valence-corrected chi connectivity index (χ0v) is 15.8. The lowest BCUT2D eigenvalue weighted by atomic mass is 9.88. The Morgan fingerprint density at radius 2 is 1.76 bits per heavy atom. The molecule has 1 heterocycles. The molecule has 1 saturated heterocycles. The highest BCUT2D eigenvalue weighted by Crippen LogP contribution is 2.29. The molecule has 136 valence electrons. The zero-order valence-electron chi connectivity index (χ0n) is 15.8. The first-order valence-corrected chi connectivity index (χ1v) is 8.62. The van der Waals surface area contributed by atoms with Crippen LogP contribution in [-0.4, -0.2) is 58.9 Å². The van der Waals surface area contributed by atoms with Crippen LogP contribution >= 0.6 is 0 Å². The molecule has 0 saturated carbocycles. The molecule has 0 atom stereocenters. The Morgan fingerprint density at radius 3 is 2.20 bits per heavy atom. The molecule has 1 N–H and O–H groups in total. The first kappa shape index (κ1) is 19.4. The van der Waals surface area contributed by atoms with Crippen molar-refractivity contribution < 1.29 is 10.0 Å². The van der Waals surface area contributed by atoms with E-state index in [1.165, 1.54) is 0 Å². The predicted molar refractivity (Wildman–Crippen MR) is 95.8 cm³/mol. The first-order valence-electron chi connectivity index (χ1n) is 8.62. The lowest BCUT2D eigenvalue weighted by Gasteiger charge is -2.42.